The molecule has 2 N–H and O–H groups in total. The first kappa shape index (κ1) is 13.2. The van der Waals surface area contributed by atoms with Crippen molar-refractivity contribution in [3.63, 3.8) is 0 Å². The van der Waals surface area contributed by atoms with Crippen molar-refractivity contribution >= 4 is 28.6 Å². The van der Waals surface area contributed by atoms with Gasteiger partial charge >= 0.3 is 0 Å². The highest BCUT2D eigenvalue weighted by atomic mass is 32.1. The lowest BCUT2D eigenvalue weighted by atomic mass is 10.1. The quantitative estimate of drug-likeness (QED) is 0.664. The van der Waals surface area contributed by atoms with Crippen LogP contribution in [-0.4, -0.2) is 24.2 Å². The Morgan fingerprint density at radius 1 is 1.47 bits per heavy atom. The molecule has 5 nitrogen and oxygen atoms in total. The summed E-state index contributed by atoms with van der Waals surface area (Å²) in [4.78, 5) is 15.7. The number of carbonyl (C=O) groups excluding carboxylic acids is 1. The smallest absolute Gasteiger partial charge is 0.251 e. The van der Waals surface area contributed by atoms with E-state index >= 15 is 0 Å². The summed E-state index contributed by atoms with van der Waals surface area (Å²) >= 11 is 1.50. The minimum absolute atomic E-state index is 0.112. The van der Waals surface area contributed by atoms with Gasteiger partial charge in [0.25, 0.3) is 5.91 Å². The second-order valence-electron chi connectivity index (χ2n) is 3.87. The van der Waals surface area contributed by atoms with E-state index in [0.29, 0.717) is 5.56 Å². The second-order valence-corrected chi connectivity index (χ2v) is 4.73. The van der Waals surface area contributed by atoms with Crippen LogP contribution >= 0.6 is 11.3 Å². The number of aryl methyl sites for hydroxylation is 1. The zero-order valence-electron chi connectivity index (χ0n) is 10.7. The van der Waals surface area contributed by atoms with Crippen molar-refractivity contribution in [3.05, 3.63) is 46.5 Å². The number of hydrogen-bond donors (Lipinski definition) is 2. The number of rotatable bonds is 4. The SMILES string of the molecule is CNC(=O)c1cccc(C=NNc2nc(C)cs2)c1. The Labute approximate surface area is 115 Å². The maximum absolute atomic E-state index is 11.5. The van der Waals surface area contributed by atoms with Crippen LogP contribution in [0.4, 0.5) is 5.13 Å². The molecule has 1 heterocycles. The molecule has 2 rings (SSSR count). The van der Waals surface area contributed by atoms with E-state index in [0.717, 1.165) is 16.4 Å². The average Bonchev–Trinajstić information content (AvgIpc) is 2.84. The Morgan fingerprint density at radius 2 is 2.32 bits per heavy atom. The fourth-order valence-electron chi connectivity index (χ4n) is 1.47. The number of anilines is 1. The lowest BCUT2D eigenvalue weighted by Gasteiger charge is -2.00. The zero-order valence-corrected chi connectivity index (χ0v) is 11.5. The summed E-state index contributed by atoms with van der Waals surface area (Å²) in [6.45, 7) is 1.93. The number of aromatic nitrogens is 1. The molecule has 0 aliphatic carbocycles. The molecule has 0 bridgehead atoms. The molecule has 98 valence electrons. The number of amides is 1. The molecule has 1 aromatic heterocycles. The molecule has 19 heavy (non-hydrogen) atoms. The van der Waals surface area contributed by atoms with E-state index in [9.17, 15) is 4.79 Å². The third kappa shape index (κ3) is 3.62. The van der Waals surface area contributed by atoms with Gasteiger partial charge in [-0.1, -0.05) is 12.1 Å². The third-order valence-corrected chi connectivity index (χ3v) is 3.23. The topological polar surface area (TPSA) is 66.4 Å². The van der Waals surface area contributed by atoms with Crippen LogP contribution in [0.5, 0.6) is 0 Å². The largest absolute Gasteiger partial charge is 0.355 e. The van der Waals surface area contributed by atoms with Crippen LogP contribution in [0.1, 0.15) is 21.6 Å². The van der Waals surface area contributed by atoms with Gasteiger partial charge in [0.05, 0.1) is 11.9 Å². The van der Waals surface area contributed by atoms with E-state index < -0.39 is 0 Å². The zero-order chi connectivity index (χ0) is 13.7. The van der Waals surface area contributed by atoms with Gasteiger partial charge in [0.2, 0.25) is 5.13 Å². The molecule has 0 radical (unpaired) electrons. The highest BCUT2D eigenvalue weighted by Gasteiger charge is 2.02. The monoisotopic (exact) mass is 274 g/mol. The van der Waals surface area contributed by atoms with Crippen LogP contribution in [-0.2, 0) is 0 Å². The fraction of sp³-hybridized carbons (Fsp3) is 0.154. The number of nitrogens with one attached hydrogen (secondary N) is 2. The molecule has 2 aromatic rings. The van der Waals surface area contributed by atoms with Crippen molar-refractivity contribution in [3.8, 4) is 0 Å². The number of nitrogens with zero attached hydrogens (tertiary/aromatic N) is 2. The van der Waals surface area contributed by atoms with Crippen molar-refractivity contribution in [2.75, 3.05) is 12.5 Å². The Morgan fingerprint density at radius 3 is 3.00 bits per heavy atom. The van der Waals surface area contributed by atoms with E-state index in [-0.39, 0.29) is 5.91 Å². The van der Waals surface area contributed by atoms with Crippen LogP contribution in [0.25, 0.3) is 0 Å². The summed E-state index contributed by atoms with van der Waals surface area (Å²) in [5.41, 5.74) is 5.27. The van der Waals surface area contributed by atoms with E-state index in [1.165, 1.54) is 11.3 Å². The Bertz CT molecular complexity index is 606. The predicted molar refractivity (Wildman–Crippen MR) is 77.9 cm³/mol. The Kier molecular flexibility index (Phi) is 4.25. The van der Waals surface area contributed by atoms with Crippen molar-refractivity contribution in [1.29, 1.82) is 0 Å². The number of hydrazone groups is 1. The van der Waals surface area contributed by atoms with Crippen molar-refractivity contribution < 1.29 is 4.79 Å². The van der Waals surface area contributed by atoms with Gasteiger partial charge in [-0.15, -0.1) is 11.3 Å². The first-order valence-electron chi connectivity index (χ1n) is 5.72. The molecule has 0 aliphatic heterocycles. The number of benzene rings is 1. The minimum Gasteiger partial charge on any atom is -0.355 e. The summed E-state index contributed by atoms with van der Waals surface area (Å²) < 4.78 is 0. The Hall–Kier alpha value is -2.21. The van der Waals surface area contributed by atoms with Crippen LogP contribution in [0.3, 0.4) is 0 Å². The highest BCUT2D eigenvalue weighted by molar-refractivity contribution is 7.13. The first-order chi connectivity index (χ1) is 9.19. The number of thiazole rings is 1. The van der Waals surface area contributed by atoms with Crippen molar-refractivity contribution in [2.24, 2.45) is 5.10 Å². The molecule has 1 amide bonds. The van der Waals surface area contributed by atoms with Crippen LogP contribution in [0, 0.1) is 6.92 Å². The lowest BCUT2D eigenvalue weighted by molar-refractivity contribution is 0.0963. The minimum atomic E-state index is -0.112. The van der Waals surface area contributed by atoms with Crippen LogP contribution < -0.4 is 10.7 Å². The van der Waals surface area contributed by atoms with Gasteiger partial charge in [-0.05, 0) is 24.6 Å². The van der Waals surface area contributed by atoms with Crippen molar-refractivity contribution in [2.45, 2.75) is 6.92 Å². The van der Waals surface area contributed by atoms with E-state index in [2.05, 4.69) is 20.8 Å². The van der Waals surface area contributed by atoms with Crippen LogP contribution in [0.2, 0.25) is 0 Å². The predicted octanol–water partition coefficient (Wildman–Crippen LogP) is 2.26. The summed E-state index contributed by atoms with van der Waals surface area (Å²) in [6.07, 6.45) is 1.66. The summed E-state index contributed by atoms with van der Waals surface area (Å²) in [6, 6.07) is 7.23. The fourth-order valence-corrected chi connectivity index (χ4v) is 2.11. The molecule has 0 saturated carbocycles. The van der Waals surface area contributed by atoms with Gasteiger partial charge in [0, 0.05) is 18.0 Å². The van der Waals surface area contributed by atoms with E-state index in [4.69, 9.17) is 0 Å². The maximum atomic E-state index is 11.5. The molecule has 0 aliphatic rings. The van der Waals surface area contributed by atoms with Gasteiger partial charge in [-0.3, -0.25) is 10.2 Å². The van der Waals surface area contributed by atoms with Gasteiger partial charge in [-0.25, -0.2) is 4.98 Å². The van der Waals surface area contributed by atoms with Gasteiger partial charge in [0.15, 0.2) is 0 Å². The number of hydrogen-bond acceptors (Lipinski definition) is 5. The van der Waals surface area contributed by atoms with E-state index in [1.54, 1.807) is 25.4 Å². The molecule has 0 spiro atoms. The van der Waals surface area contributed by atoms with Gasteiger partial charge in [-0.2, -0.15) is 5.10 Å². The van der Waals surface area contributed by atoms with E-state index in [1.807, 2.05) is 24.4 Å². The standard InChI is InChI=1S/C13H14N4OS/c1-9-8-19-13(16-9)17-15-7-10-4-3-5-11(6-10)12(18)14-2/h3-8H,1-2H3,(H,14,18)(H,16,17). The molecule has 0 saturated heterocycles. The summed E-state index contributed by atoms with van der Waals surface area (Å²) in [7, 11) is 1.61. The second kappa shape index (κ2) is 6.10. The molecule has 6 heteroatoms. The summed E-state index contributed by atoms with van der Waals surface area (Å²) in [5, 5.41) is 9.37. The summed E-state index contributed by atoms with van der Waals surface area (Å²) in [5.74, 6) is -0.112. The lowest BCUT2D eigenvalue weighted by Crippen LogP contribution is -2.17. The molecular formula is C13H14N4OS. The molecule has 0 atom stereocenters. The third-order valence-electron chi connectivity index (χ3n) is 2.37. The Balaban J connectivity index is 2.04. The van der Waals surface area contributed by atoms with Crippen molar-refractivity contribution in [1.82, 2.24) is 10.3 Å². The van der Waals surface area contributed by atoms with Gasteiger partial charge < -0.3 is 5.32 Å². The normalized spacial score (nSPS) is 10.6. The molecule has 0 fully saturated rings. The first-order valence-corrected chi connectivity index (χ1v) is 6.60. The van der Waals surface area contributed by atoms with Gasteiger partial charge in [0.1, 0.15) is 0 Å². The molecule has 0 unspecified atom stereocenters. The maximum Gasteiger partial charge on any atom is 0.251 e. The molecular weight excluding hydrogens is 260 g/mol. The van der Waals surface area contributed by atoms with Crippen LogP contribution in [0.15, 0.2) is 34.7 Å². The number of carbonyl (C=O) groups is 1. The average molecular weight is 274 g/mol. The highest BCUT2D eigenvalue weighted by Crippen LogP contribution is 2.14. The molecule has 1 aromatic carbocycles.